The van der Waals surface area contributed by atoms with E-state index >= 15 is 0 Å². The van der Waals surface area contributed by atoms with Crippen molar-refractivity contribution >= 4 is 28.2 Å². The molecule has 0 saturated heterocycles. The zero-order valence-electron chi connectivity index (χ0n) is 17.1. The Kier molecular flexibility index (Phi) is 5.52. The summed E-state index contributed by atoms with van der Waals surface area (Å²) in [5.41, 5.74) is 4.56. The molecule has 158 valence electrons. The van der Waals surface area contributed by atoms with Crippen LogP contribution in [0.4, 0.5) is 0 Å². The lowest BCUT2D eigenvalue weighted by molar-refractivity contribution is -0.138. The number of carboxylic acids is 1. The normalized spacial score (nSPS) is 16.1. The van der Waals surface area contributed by atoms with Crippen molar-refractivity contribution in [3.05, 3.63) is 100 Å². The number of fused-ring (bicyclic) bond motifs is 2. The third-order valence-electron chi connectivity index (χ3n) is 5.52. The lowest BCUT2D eigenvalue weighted by Crippen LogP contribution is -2.15. The van der Waals surface area contributed by atoms with Crippen molar-refractivity contribution in [2.45, 2.75) is 30.8 Å². The van der Waals surface area contributed by atoms with Gasteiger partial charge in [-0.1, -0.05) is 72.3 Å². The molecule has 3 aromatic carbocycles. The summed E-state index contributed by atoms with van der Waals surface area (Å²) in [6.07, 6.45) is 2.90. The van der Waals surface area contributed by atoms with Crippen molar-refractivity contribution in [1.29, 1.82) is 0 Å². The van der Waals surface area contributed by atoms with Crippen molar-refractivity contribution < 1.29 is 22.5 Å². The summed E-state index contributed by atoms with van der Waals surface area (Å²) in [6, 6.07) is 19.2. The van der Waals surface area contributed by atoms with Gasteiger partial charge in [-0.25, -0.2) is 0 Å². The second-order valence-electron chi connectivity index (χ2n) is 7.65. The molecule has 4 rings (SSSR count). The van der Waals surface area contributed by atoms with Gasteiger partial charge in [-0.15, -0.1) is 0 Å². The monoisotopic (exact) mass is 434 g/mol. The van der Waals surface area contributed by atoms with Gasteiger partial charge in [0.1, 0.15) is 6.10 Å². The summed E-state index contributed by atoms with van der Waals surface area (Å²) in [5, 5.41) is 9.37. The van der Waals surface area contributed by atoms with Gasteiger partial charge in [-0.2, -0.15) is 8.42 Å². The van der Waals surface area contributed by atoms with Gasteiger partial charge in [-0.3, -0.25) is 8.98 Å². The smallest absolute Gasteiger partial charge is 0.310 e. The molecule has 5 nitrogen and oxygen atoms in total. The van der Waals surface area contributed by atoms with Crippen LogP contribution in [0.2, 0.25) is 0 Å². The minimum atomic E-state index is -4.04. The first-order valence-corrected chi connectivity index (χ1v) is 11.3. The molecule has 31 heavy (non-hydrogen) atoms. The first kappa shape index (κ1) is 21.0. The predicted octanol–water partition coefficient (Wildman–Crippen LogP) is 5.16. The summed E-state index contributed by atoms with van der Waals surface area (Å²) < 4.78 is 32.0. The highest BCUT2D eigenvalue weighted by Crippen LogP contribution is 2.38. The van der Waals surface area contributed by atoms with Crippen LogP contribution < -0.4 is 0 Å². The molecule has 1 N–H and O–H groups in total. The Morgan fingerprint density at radius 1 is 0.935 bits per heavy atom. The highest BCUT2D eigenvalue weighted by atomic mass is 32.2. The Labute approximate surface area is 181 Å². The topological polar surface area (TPSA) is 80.7 Å². The van der Waals surface area contributed by atoms with Crippen LogP contribution >= 0.6 is 0 Å². The fourth-order valence-corrected chi connectivity index (χ4v) is 4.67. The zero-order chi connectivity index (χ0) is 22.2. The summed E-state index contributed by atoms with van der Waals surface area (Å²) in [4.78, 5) is 11.5. The molecule has 2 atom stereocenters. The van der Waals surface area contributed by atoms with Crippen molar-refractivity contribution in [1.82, 2.24) is 0 Å². The Bertz CT molecular complexity index is 1270. The minimum absolute atomic E-state index is 0.0884. The number of hydrogen-bond acceptors (Lipinski definition) is 4. The van der Waals surface area contributed by atoms with Gasteiger partial charge in [0.05, 0.1) is 10.8 Å². The number of hydrogen-bond donors (Lipinski definition) is 1. The van der Waals surface area contributed by atoms with Gasteiger partial charge >= 0.3 is 5.97 Å². The summed E-state index contributed by atoms with van der Waals surface area (Å²) in [7, 11) is -4.04. The number of aryl methyl sites for hydroxylation is 1. The zero-order valence-corrected chi connectivity index (χ0v) is 18.0. The third kappa shape index (κ3) is 4.17. The molecule has 0 aliphatic heterocycles. The summed E-state index contributed by atoms with van der Waals surface area (Å²) >= 11 is 0. The van der Waals surface area contributed by atoms with E-state index in [1.165, 1.54) is 12.1 Å². The SMILES string of the molecule is Cc1ccc(S(=O)(=O)OC2c3ccccc3C=Cc3cc(C(C)C(=O)O)ccc32)cc1. The van der Waals surface area contributed by atoms with E-state index in [-0.39, 0.29) is 4.90 Å². The molecule has 0 fully saturated rings. The first-order chi connectivity index (χ1) is 14.8. The lowest BCUT2D eigenvalue weighted by atomic mass is 9.92. The Morgan fingerprint density at radius 2 is 1.58 bits per heavy atom. The Balaban J connectivity index is 1.83. The number of benzene rings is 3. The average molecular weight is 435 g/mol. The quantitative estimate of drug-likeness (QED) is 0.561. The Hall–Kier alpha value is -3.22. The van der Waals surface area contributed by atoms with E-state index in [2.05, 4.69) is 0 Å². The lowest BCUT2D eigenvalue weighted by Gasteiger charge is -2.21. The molecule has 1 aliphatic rings. The summed E-state index contributed by atoms with van der Waals surface area (Å²) in [5.74, 6) is -1.60. The average Bonchev–Trinajstić information content (AvgIpc) is 2.90. The van der Waals surface area contributed by atoms with Crippen molar-refractivity contribution in [2.75, 3.05) is 0 Å². The largest absolute Gasteiger partial charge is 0.481 e. The highest BCUT2D eigenvalue weighted by Gasteiger charge is 2.29. The van der Waals surface area contributed by atoms with E-state index < -0.39 is 28.1 Å². The van der Waals surface area contributed by atoms with E-state index in [0.717, 1.165) is 22.3 Å². The van der Waals surface area contributed by atoms with Crippen molar-refractivity contribution in [3.63, 3.8) is 0 Å². The maximum atomic E-state index is 13.1. The van der Waals surface area contributed by atoms with Gasteiger partial charge in [0.15, 0.2) is 0 Å². The maximum Gasteiger partial charge on any atom is 0.310 e. The molecular weight excluding hydrogens is 412 g/mol. The molecule has 1 aliphatic carbocycles. The number of rotatable bonds is 5. The van der Waals surface area contributed by atoms with Crippen LogP contribution in [-0.4, -0.2) is 19.5 Å². The first-order valence-electron chi connectivity index (χ1n) is 9.90. The third-order valence-corrected chi connectivity index (χ3v) is 6.81. The van der Waals surface area contributed by atoms with Gasteiger partial charge in [-0.05, 0) is 53.8 Å². The number of aliphatic carboxylic acids is 1. The molecule has 3 aromatic rings. The van der Waals surface area contributed by atoms with E-state index in [0.29, 0.717) is 11.1 Å². The fourth-order valence-electron chi connectivity index (χ4n) is 3.63. The van der Waals surface area contributed by atoms with E-state index in [1.54, 1.807) is 37.3 Å². The van der Waals surface area contributed by atoms with E-state index in [9.17, 15) is 18.3 Å². The second-order valence-corrected chi connectivity index (χ2v) is 9.23. The fraction of sp³-hybridized carbons (Fsp3) is 0.160. The highest BCUT2D eigenvalue weighted by molar-refractivity contribution is 7.86. The van der Waals surface area contributed by atoms with Crippen LogP contribution in [0.5, 0.6) is 0 Å². The van der Waals surface area contributed by atoms with Crippen LogP contribution in [0.3, 0.4) is 0 Å². The predicted molar refractivity (Wildman–Crippen MR) is 119 cm³/mol. The van der Waals surface area contributed by atoms with Gasteiger partial charge < -0.3 is 5.11 Å². The molecule has 0 bridgehead atoms. The molecule has 0 saturated carbocycles. The van der Waals surface area contributed by atoms with Gasteiger partial charge in [0.25, 0.3) is 10.1 Å². The molecule has 2 unspecified atom stereocenters. The van der Waals surface area contributed by atoms with Crippen LogP contribution in [0.25, 0.3) is 12.2 Å². The molecule has 0 radical (unpaired) electrons. The standard InChI is InChI=1S/C25H22O5S/c1-16-7-12-21(13-8-16)31(28,29)30-24-22-6-4-3-5-18(22)9-10-20-15-19(11-14-23(20)24)17(2)25(26)27/h3-15,17,24H,1-2H3,(H,26,27). The molecule has 6 heteroatoms. The second kappa shape index (κ2) is 8.13. The van der Waals surface area contributed by atoms with Crippen LogP contribution in [0.1, 0.15) is 52.3 Å². The van der Waals surface area contributed by atoms with Gasteiger partial charge in [0.2, 0.25) is 0 Å². The molecule has 0 spiro atoms. The Morgan fingerprint density at radius 3 is 2.29 bits per heavy atom. The van der Waals surface area contributed by atoms with E-state index in [1.807, 2.05) is 43.3 Å². The van der Waals surface area contributed by atoms with E-state index in [4.69, 9.17) is 4.18 Å². The number of carbonyl (C=O) groups is 1. The maximum absolute atomic E-state index is 13.1. The minimum Gasteiger partial charge on any atom is -0.481 e. The van der Waals surface area contributed by atoms with Crippen LogP contribution in [-0.2, 0) is 19.1 Å². The van der Waals surface area contributed by atoms with Crippen LogP contribution in [0, 0.1) is 6.92 Å². The van der Waals surface area contributed by atoms with Crippen molar-refractivity contribution in [2.24, 2.45) is 0 Å². The molecule has 0 heterocycles. The van der Waals surface area contributed by atoms with Crippen LogP contribution in [0.15, 0.2) is 71.6 Å². The molecule has 0 amide bonds. The molecule has 0 aromatic heterocycles. The molecular formula is C25H22O5S. The van der Waals surface area contributed by atoms with Crippen molar-refractivity contribution in [3.8, 4) is 0 Å². The van der Waals surface area contributed by atoms with Gasteiger partial charge in [0, 0.05) is 0 Å². The number of carboxylic acid groups (broad SMARTS) is 1. The summed E-state index contributed by atoms with van der Waals surface area (Å²) in [6.45, 7) is 3.51.